The van der Waals surface area contributed by atoms with Gasteiger partial charge in [-0.1, -0.05) is 22.0 Å². The van der Waals surface area contributed by atoms with Crippen LogP contribution in [0.1, 0.15) is 5.56 Å². The minimum absolute atomic E-state index is 0.248. The minimum atomic E-state index is 0.248. The van der Waals surface area contributed by atoms with Crippen molar-refractivity contribution in [2.24, 2.45) is 5.84 Å². The largest absolute Gasteiger partial charge is 0.508 e. The van der Waals surface area contributed by atoms with Crippen molar-refractivity contribution in [1.82, 2.24) is 5.43 Å². The maximum atomic E-state index is 9.30. The van der Waals surface area contributed by atoms with E-state index in [0.717, 1.165) is 10.0 Å². The molecule has 4 N–H and O–H groups in total. The Balaban J connectivity index is 3.00. The fourth-order valence-electron chi connectivity index (χ4n) is 0.824. The van der Waals surface area contributed by atoms with Crippen LogP contribution in [0.25, 0.3) is 0 Å². The third kappa shape index (κ3) is 1.92. The number of hydrazine groups is 1. The molecule has 1 aromatic rings. The number of halogens is 1. The fraction of sp³-hybridized carbons (Fsp3) is 0.143. The van der Waals surface area contributed by atoms with Crippen molar-refractivity contribution < 1.29 is 5.11 Å². The van der Waals surface area contributed by atoms with E-state index in [0.29, 0.717) is 6.54 Å². The van der Waals surface area contributed by atoms with Crippen molar-refractivity contribution in [2.45, 2.75) is 6.54 Å². The summed E-state index contributed by atoms with van der Waals surface area (Å²) in [6, 6.07) is 5.24. The Morgan fingerprint density at radius 2 is 2.27 bits per heavy atom. The average Bonchev–Trinajstić information content (AvgIpc) is 1.97. The molecular formula is C7H9BrN2O. The number of hydrogen-bond acceptors (Lipinski definition) is 3. The summed E-state index contributed by atoms with van der Waals surface area (Å²) in [6.45, 7) is 0.452. The lowest BCUT2D eigenvalue weighted by molar-refractivity contribution is 0.464. The molecule has 0 aromatic heterocycles. The Labute approximate surface area is 73.3 Å². The number of phenols is 1. The van der Waals surface area contributed by atoms with Gasteiger partial charge in [0.1, 0.15) is 5.75 Å². The van der Waals surface area contributed by atoms with Crippen LogP contribution in [0, 0.1) is 0 Å². The Hall–Kier alpha value is -0.580. The van der Waals surface area contributed by atoms with Gasteiger partial charge in [-0.2, -0.15) is 0 Å². The maximum Gasteiger partial charge on any atom is 0.121 e. The summed E-state index contributed by atoms with van der Waals surface area (Å²) >= 11 is 3.29. The molecule has 1 rings (SSSR count). The van der Waals surface area contributed by atoms with Crippen molar-refractivity contribution in [1.29, 1.82) is 0 Å². The lowest BCUT2D eigenvalue weighted by atomic mass is 10.2. The second-order valence-corrected chi connectivity index (χ2v) is 2.97. The van der Waals surface area contributed by atoms with Crippen molar-refractivity contribution in [3.63, 3.8) is 0 Å². The Morgan fingerprint density at radius 3 is 2.82 bits per heavy atom. The Bertz CT molecular complexity index is 232. The third-order valence-electron chi connectivity index (χ3n) is 1.37. The molecule has 0 radical (unpaired) electrons. The molecule has 11 heavy (non-hydrogen) atoms. The van der Waals surface area contributed by atoms with E-state index < -0.39 is 0 Å². The molecule has 0 bridgehead atoms. The highest BCUT2D eigenvalue weighted by Crippen LogP contribution is 2.24. The van der Waals surface area contributed by atoms with Crippen LogP contribution in [-0.2, 0) is 6.54 Å². The highest BCUT2D eigenvalue weighted by molar-refractivity contribution is 9.10. The van der Waals surface area contributed by atoms with Gasteiger partial charge in [0.2, 0.25) is 0 Å². The maximum absolute atomic E-state index is 9.30. The molecule has 0 saturated carbocycles. The molecule has 0 heterocycles. The predicted molar refractivity (Wildman–Crippen MR) is 46.8 cm³/mol. The van der Waals surface area contributed by atoms with Crippen LogP contribution in [0.3, 0.4) is 0 Å². The van der Waals surface area contributed by atoms with Gasteiger partial charge < -0.3 is 5.11 Å². The highest BCUT2D eigenvalue weighted by Gasteiger charge is 2.02. The fourth-order valence-corrected chi connectivity index (χ4v) is 1.32. The summed E-state index contributed by atoms with van der Waals surface area (Å²) in [6.07, 6.45) is 0. The molecule has 0 aliphatic rings. The lowest BCUT2D eigenvalue weighted by Crippen LogP contribution is -2.21. The van der Waals surface area contributed by atoms with E-state index in [9.17, 15) is 5.11 Å². The second-order valence-electron chi connectivity index (χ2n) is 2.12. The van der Waals surface area contributed by atoms with Crippen molar-refractivity contribution in [2.75, 3.05) is 0 Å². The normalized spacial score (nSPS) is 10.0. The number of benzene rings is 1. The van der Waals surface area contributed by atoms with E-state index in [1.54, 1.807) is 12.1 Å². The molecule has 4 heteroatoms. The van der Waals surface area contributed by atoms with Gasteiger partial charge in [-0.25, -0.2) is 0 Å². The number of hydrogen-bond donors (Lipinski definition) is 3. The van der Waals surface area contributed by atoms with E-state index >= 15 is 0 Å². The topological polar surface area (TPSA) is 58.3 Å². The molecular weight excluding hydrogens is 208 g/mol. The average molecular weight is 217 g/mol. The third-order valence-corrected chi connectivity index (χ3v) is 2.12. The smallest absolute Gasteiger partial charge is 0.121 e. The summed E-state index contributed by atoms with van der Waals surface area (Å²) in [5.74, 6) is 5.36. The standard InChI is InChI=1S/C7H9BrN2O/c8-6-2-1-3-7(11)5(6)4-10-9/h1-3,10-11H,4,9H2. The molecule has 1 aromatic carbocycles. The van der Waals surface area contributed by atoms with Crippen LogP contribution in [0.2, 0.25) is 0 Å². The summed E-state index contributed by atoms with van der Waals surface area (Å²) in [5, 5.41) is 9.30. The zero-order valence-electron chi connectivity index (χ0n) is 5.84. The van der Waals surface area contributed by atoms with Crippen LogP contribution in [0.5, 0.6) is 5.75 Å². The van der Waals surface area contributed by atoms with Crippen LogP contribution in [0.4, 0.5) is 0 Å². The molecule has 0 unspecified atom stereocenters. The molecule has 0 amide bonds. The van der Waals surface area contributed by atoms with Gasteiger partial charge in [0.05, 0.1) is 0 Å². The van der Waals surface area contributed by atoms with E-state index in [2.05, 4.69) is 21.4 Å². The minimum Gasteiger partial charge on any atom is -0.508 e. The lowest BCUT2D eigenvalue weighted by Gasteiger charge is -2.04. The predicted octanol–water partition coefficient (Wildman–Crippen LogP) is 1.12. The number of nitrogens with two attached hydrogens (primary N) is 1. The van der Waals surface area contributed by atoms with E-state index in [1.807, 2.05) is 6.07 Å². The van der Waals surface area contributed by atoms with Crippen molar-refractivity contribution >= 4 is 15.9 Å². The molecule has 3 nitrogen and oxygen atoms in total. The summed E-state index contributed by atoms with van der Waals surface area (Å²) in [7, 11) is 0. The molecule has 0 atom stereocenters. The van der Waals surface area contributed by atoms with Crippen LogP contribution in [0.15, 0.2) is 22.7 Å². The first-order chi connectivity index (χ1) is 5.25. The molecule has 0 spiro atoms. The Kier molecular flexibility index (Phi) is 2.87. The van der Waals surface area contributed by atoms with Gasteiger partial charge >= 0.3 is 0 Å². The number of nitrogens with one attached hydrogen (secondary N) is 1. The second kappa shape index (κ2) is 3.71. The van der Waals surface area contributed by atoms with Gasteiger partial charge in [-0.3, -0.25) is 11.3 Å². The van der Waals surface area contributed by atoms with Gasteiger partial charge in [-0.15, -0.1) is 0 Å². The van der Waals surface area contributed by atoms with Crippen LogP contribution in [-0.4, -0.2) is 5.11 Å². The van der Waals surface area contributed by atoms with E-state index in [-0.39, 0.29) is 5.75 Å². The molecule has 0 fully saturated rings. The summed E-state index contributed by atoms with van der Waals surface area (Å²) < 4.78 is 0.857. The number of phenolic OH excluding ortho intramolecular Hbond substituents is 1. The van der Waals surface area contributed by atoms with Crippen molar-refractivity contribution in [3.8, 4) is 5.75 Å². The molecule has 0 aliphatic carbocycles. The zero-order valence-corrected chi connectivity index (χ0v) is 7.43. The first-order valence-corrected chi connectivity index (χ1v) is 3.95. The molecule has 60 valence electrons. The van der Waals surface area contributed by atoms with E-state index in [1.165, 1.54) is 0 Å². The highest BCUT2D eigenvalue weighted by atomic mass is 79.9. The SMILES string of the molecule is NNCc1c(O)cccc1Br. The van der Waals surface area contributed by atoms with Crippen LogP contribution >= 0.6 is 15.9 Å². The van der Waals surface area contributed by atoms with Crippen LogP contribution < -0.4 is 11.3 Å². The number of rotatable bonds is 2. The summed E-state index contributed by atoms with van der Waals surface area (Å²) in [4.78, 5) is 0. The molecule has 0 saturated heterocycles. The van der Waals surface area contributed by atoms with E-state index in [4.69, 9.17) is 5.84 Å². The number of aromatic hydroxyl groups is 1. The first-order valence-electron chi connectivity index (χ1n) is 3.15. The van der Waals surface area contributed by atoms with Gasteiger partial charge in [-0.05, 0) is 12.1 Å². The monoisotopic (exact) mass is 216 g/mol. The van der Waals surface area contributed by atoms with Crippen molar-refractivity contribution in [3.05, 3.63) is 28.2 Å². The summed E-state index contributed by atoms with van der Waals surface area (Å²) in [5.41, 5.74) is 3.25. The Morgan fingerprint density at radius 1 is 1.55 bits per heavy atom. The van der Waals surface area contributed by atoms with Gasteiger partial charge in [0, 0.05) is 16.6 Å². The zero-order chi connectivity index (χ0) is 8.27. The van der Waals surface area contributed by atoms with Gasteiger partial charge in [0.15, 0.2) is 0 Å². The quantitative estimate of drug-likeness (QED) is 0.513. The first kappa shape index (κ1) is 8.52. The molecule has 0 aliphatic heterocycles. The van der Waals surface area contributed by atoms with Gasteiger partial charge in [0.25, 0.3) is 0 Å².